The van der Waals surface area contributed by atoms with E-state index >= 15 is 0 Å². The monoisotopic (exact) mass is 504 g/mol. The summed E-state index contributed by atoms with van der Waals surface area (Å²) in [6.45, 7) is 1.22. The number of hydrogen-bond acceptors (Lipinski definition) is 3. The smallest absolute Gasteiger partial charge is 0.218 e. The summed E-state index contributed by atoms with van der Waals surface area (Å²) < 4.78 is 0. The van der Waals surface area contributed by atoms with Gasteiger partial charge in [0.25, 0.3) is 0 Å². The predicted octanol–water partition coefficient (Wildman–Crippen LogP) is 3.32. The summed E-state index contributed by atoms with van der Waals surface area (Å²) in [6.07, 6.45) is 5.22. The van der Waals surface area contributed by atoms with E-state index in [1.807, 2.05) is 0 Å². The van der Waals surface area contributed by atoms with E-state index in [4.69, 9.17) is 46.2 Å². The van der Waals surface area contributed by atoms with Crippen molar-refractivity contribution in [3.8, 4) is 0 Å². The Bertz CT molecular complexity index is 1000. The van der Waals surface area contributed by atoms with Crippen LogP contribution in [-0.4, -0.2) is 37.3 Å². The number of hydrazine groups is 1. The lowest BCUT2D eigenvalue weighted by atomic mass is 10.2. The lowest BCUT2D eigenvalue weighted by molar-refractivity contribution is 0.654. The topological polar surface area (TPSA) is 169 Å². The average molecular weight is 505 g/mol. The molecule has 0 saturated heterocycles. The molecule has 0 aliphatic heterocycles. The van der Waals surface area contributed by atoms with Gasteiger partial charge in [-0.3, -0.25) is 9.98 Å². The molecular weight excluding hydrogens is 475 g/mol. The van der Waals surface area contributed by atoms with Crippen molar-refractivity contribution in [1.29, 1.82) is 0 Å². The lowest BCUT2D eigenvalue weighted by Gasteiger charge is -2.16. The third-order valence-electron chi connectivity index (χ3n) is 4.44. The molecule has 2 aromatic carbocycles. The van der Waals surface area contributed by atoms with Gasteiger partial charge in [0.05, 0.1) is 5.69 Å². The first kappa shape index (κ1) is 26.9. The molecule has 10 nitrogen and oxygen atoms in total. The highest BCUT2D eigenvalue weighted by atomic mass is 35.5. The van der Waals surface area contributed by atoms with Crippen LogP contribution in [0.4, 0.5) is 11.4 Å². The average Bonchev–Trinajstić information content (AvgIpc) is 2.81. The second-order valence-corrected chi connectivity index (χ2v) is 8.01. The molecule has 34 heavy (non-hydrogen) atoms. The quantitative estimate of drug-likeness (QED) is 0.109. The van der Waals surface area contributed by atoms with Crippen molar-refractivity contribution in [3.63, 3.8) is 0 Å². The molecular formula is C22H30Cl2N10. The van der Waals surface area contributed by atoms with Gasteiger partial charge < -0.3 is 22.5 Å². The third kappa shape index (κ3) is 10.5. The molecule has 2 rings (SSSR count). The first-order chi connectivity index (χ1) is 16.3. The molecule has 9 N–H and O–H groups in total. The van der Waals surface area contributed by atoms with E-state index in [1.54, 1.807) is 48.5 Å². The standard InChI is InChI=1S/C22H30Cl2N10/c23-16-5-9-18(10-6-16)32-21(26)33-20(25)30-14-4-2-1-3-13-29-15-31-22(27)34(28)19-11-7-17(24)8-12-19/h5-12,15H,1-4,13-14,28H2,(H2,27,29,31)(H5,25,26,30,32,33). The van der Waals surface area contributed by atoms with Gasteiger partial charge in [-0.05, 0) is 61.4 Å². The van der Waals surface area contributed by atoms with E-state index in [1.165, 1.54) is 11.3 Å². The van der Waals surface area contributed by atoms with Crippen molar-refractivity contribution in [1.82, 2.24) is 0 Å². The fourth-order valence-electron chi connectivity index (χ4n) is 2.68. The summed E-state index contributed by atoms with van der Waals surface area (Å²) in [5.74, 6) is 6.34. The Labute approximate surface area is 209 Å². The third-order valence-corrected chi connectivity index (χ3v) is 4.95. The Morgan fingerprint density at radius 1 is 0.853 bits per heavy atom. The molecule has 0 bridgehead atoms. The number of benzene rings is 2. The Hall–Kier alpha value is -3.34. The molecule has 0 radical (unpaired) electrons. The first-order valence-electron chi connectivity index (χ1n) is 10.6. The maximum absolute atomic E-state index is 5.92. The molecule has 182 valence electrons. The maximum atomic E-state index is 5.92. The number of nitrogens with one attached hydrogen (secondary N) is 1. The number of anilines is 2. The van der Waals surface area contributed by atoms with Gasteiger partial charge >= 0.3 is 0 Å². The number of guanidine groups is 3. The van der Waals surface area contributed by atoms with Crippen LogP contribution in [0.1, 0.15) is 25.7 Å². The largest absolute Gasteiger partial charge is 0.369 e. The minimum atomic E-state index is 0.131. The van der Waals surface area contributed by atoms with E-state index in [0.29, 0.717) is 28.8 Å². The molecule has 0 spiro atoms. The van der Waals surface area contributed by atoms with E-state index < -0.39 is 0 Å². The number of hydrogen-bond donors (Lipinski definition) is 5. The highest BCUT2D eigenvalue weighted by Gasteiger charge is 2.04. The summed E-state index contributed by atoms with van der Waals surface area (Å²) in [4.78, 5) is 16.5. The maximum Gasteiger partial charge on any atom is 0.218 e. The normalized spacial score (nSPS) is 12.9. The van der Waals surface area contributed by atoms with Crippen LogP contribution in [0.2, 0.25) is 10.0 Å². The summed E-state index contributed by atoms with van der Waals surface area (Å²) >= 11 is 11.7. The van der Waals surface area contributed by atoms with Gasteiger partial charge in [-0.25, -0.2) is 15.8 Å². The van der Waals surface area contributed by atoms with E-state index in [2.05, 4.69) is 25.3 Å². The zero-order valence-corrected chi connectivity index (χ0v) is 20.3. The minimum absolute atomic E-state index is 0.131. The van der Waals surface area contributed by atoms with E-state index in [9.17, 15) is 0 Å². The van der Waals surface area contributed by atoms with Crippen molar-refractivity contribution >= 4 is 58.8 Å². The SMILES string of the molecule is NC(=NCCCCCCN=CN=C(N)N(N)c1ccc(Cl)cc1)N=C(N)Nc1ccc(Cl)cc1. The van der Waals surface area contributed by atoms with Gasteiger partial charge in [0.1, 0.15) is 6.34 Å². The van der Waals surface area contributed by atoms with Crippen LogP contribution in [0.15, 0.2) is 68.5 Å². The minimum Gasteiger partial charge on any atom is -0.369 e. The van der Waals surface area contributed by atoms with Crippen LogP contribution in [0.25, 0.3) is 0 Å². The molecule has 0 amide bonds. The van der Waals surface area contributed by atoms with Crippen LogP contribution in [0, 0.1) is 0 Å². The number of unbranched alkanes of at least 4 members (excludes halogenated alkanes) is 3. The highest BCUT2D eigenvalue weighted by Crippen LogP contribution is 2.15. The molecule has 0 atom stereocenters. The molecule has 0 aliphatic carbocycles. The summed E-state index contributed by atoms with van der Waals surface area (Å²) in [7, 11) is 0. The Kier molecular flexibility index (Phi) is 11.7. The van der Waals surface area contributed by atoms with Gasteiger partial charge in [0, 0.05) is 28.8 Å². The van der Waals surface area contributed by atoms with E-state index in [-0.39, 0.29) is 17.9 Å². The zero-order valence-electron chi connectivity index (χ0n) is 18.7. The second-order valence-electron chi connectivity index (χ2n) is 7.14. The van der Waals surface area contributed by atoms with Gasteiger partial charge in [-0.1, -0.05) is 36.0 Å². The Balaban J connectivity index is 1.59. The van der Waals surface area contributed by atoms with Crippen molar-refractivity contribution in [2.24, 2.45) is 43.0 Å². The Morgan fingerprint density at radius 2 is 1.44 bits per heavy atom. The molecule has 2 aromatic rings. The van der Waals surface area contributed by atoms with Crippen LogP contribution < -0.4 is 33.4 Å². The molecule has 12 heteroatoms. The summed E-state index contributed by atoms with van der Waals surface area (Å²) in [6, 6.07) is 14.0. The van der Waals surface area contributed by atoms with E-state index in [0.717, 1.165) is 31.4 Å². The summed E-state index contributed by atoms with van der Waals surface area (Å²) in [5.41, 5.74) is 18.9. The zero-order chi connectivity index (χ0) is 24.8. The van der Waals surface area contributed by atoms with Crippen molar-refractivity contribution in [3.05, 3.63) is 58.6 Å². The van der Waals surface area contributed by atoms with Gasteiger partial charge in [-0.2, -0.15) is 4.99 Å². The number of rotatable bonds is 10. The lowest BCUT2D eigenvalue weighted by Crippen LogP contribution is -2.43. The molecule has 0 unspecified atom stereocenters. The van der Waals surface area contributed by atoms with Gasteiger partial charge in [0.15, 0.2) is 0 Å². The fourth-order valence-corrected chi connectivity index (χ4v) is 2.94. The molecule has 0 fully saturated rings. The second kappa shape index (κ2) is 14.7. The Morgan fingerprint density at radius 3 is 2.09 bits per heavy atom. The van der Waals surface area contributed by atoms with Crippen LogP contribution in [0.3, 0.4) is 0 Å². The predicted molar refractivity (Wildman–Crippen MR) is 145 cm³/mol. The fraction of sp³-hybridized carbons (Fsp3) is 0.273. The first-order valence-corrected chi connectivity index (χ1v) is 11.4. The van der Waals surface area contributed by atoms with Crippen LogP contribution >= 0.6 is 23.2 Å². The molecule has 0 aromatic heterocycles. The van der Waals surface area contributed by atoms with Crippen molar-refractivity contribution in [2.45, 2.75) is 25.7 Å². The van der Waals surface area contributed by atoms with Gasteiger partial charge in [-0.15, -0.1) is 0 Å². The summed E-state index contributed by atoms with van der Waals surface area (Å²) in [5, 5.41) is 5.44. The highest BCUT2D eigenvalue weighted by molar-refractivity contribution is 6.31. The van der Waals surface area contributed by atoms with Gasteiger partial charge in [0.2, 0.25) is 17.9 Å². The number of halogens is 2. The molecule has 0 aliphatic rings. The molecule has 0 heterocycles. The molecule has 0 saturated carbocycles. The van der Waals surface area contributed by atoms with Crippen molar-refractivity contribution < 1.29 is 0 Å². The van der Waals surface area contributed by atoms with Crippen molar-refractivity contribution in [2.75, 3.05) is 23.4 Å². The van der Waals surface area contributed by atoms with Crippen LogP contribution in [0.5, 0.6) is 0 Å². The number of aliphatic imine (C=N–C) groups is 4. The number of nitrogens with zero attached hydrogens (tertiary/aromatic N) is 5. The number of nitrogens with two attached hydrogens (primary N) is 4. The van der Waals surface area contributed by atoms with Crippen LogP contribution in [-0.2, 0) is 0 Å².